The zero-order valence-corrected chi connectivity index (χ0v) is 20.8. The largest absolute Gasteiger partial charge is 0.369 e. The first-order valence-electron chi connectivity index (χ1n) is 12.5. The molecule has 0 amide bonds. The molecule has 0 radical (unpaired) electrons. The van der Waals surface area contributed by atoms with Gasteiger partial charge in [-0.1, -0.05) is 102 Å². The molecule has 0 spiro atoms. The Bertz CT molecular complexity index is 1120. The summed E-state index contributed by atoms with van der Waals surface area (Å²) in [5, 5.41) is 3.82. The van der Waals surface area contributed by atoms with Gasteiger partial charge >= 0.3 is 0 Å². The first-order chi connectivity index (χ1) is 18.3. The number of hydrogen-bond acceptors (Lipinski definition) is 5. The maximum atomic E-state index is 9.03. The van der Waals surface area contributed by atoms with Crippen LogP contribution < -0.4 is 0 Å². The van der Waals surface area contributed by atoms with E-state index in [9.17, 15) is 0 Å². The molecule has 1 aliphatic rings. The van der Waals surface area contributed by atoms with E-state index in [1.54, 1.807) is 0 Å². The Morgan fingerprint density at radius 3 is 1.57 bits per heavy atom. The van der Waals surface area contributed by atoms with Crippen molar-refractivity contribution in [3.05, 3.63) is 131 Å². The topological polar surface area (TPSA) is 85.7 Å². The van der Waals surface area contributed by atoms with Crippen LogP contribution in [0.2, 0.25) is 0 Å². The van der Waals surface area contributed by atoms with Crippen LogP contribution in [-0.4, -0.2) is 37.1 Å². The summed E-state index contributed by atoms with van der Waals surface area (Å²) in [6, 6.07) is 30.0. The van der Waals surface area contributed by atoms with Gasteiger partial charge in [0.25, 0.3) is 0 Å². The summed E-state index contributed by atoms with van der Waals surface area (Å²) < 4.78 is 25.9. The van der Waals surface area contributed by atoms with E-state index >= 15 is 0 Å². The maximum Gasteiger partial charge on any atom is 0.115 e. The SMILES string of the molecule is C=CC[C@H]1O[C@H](CN=[N+]=[N-])[C@@H](OCc2ccccc2)[C@H](OCc2ccccc2)[C@H]1OCc1ccccc1. The molecule has 3 aromatic carbocycles. The Hall–Kier alpha value is -3.45. The second kappa shape index (κ2) is 14.3. The smallest absolute Gasteiger partial charge is 0.115 e. The van der Waals surface area contributed by atoms with Crippen molar-refractivity contribution >= 4 is 0 Å². The van der Waals surface area contributed by atoms with Crippen molar-refractivity contribution in [3.8, 4) is 0 Å². The molecule has 1 heterocycles. The van der Waals surface area contributed by atoms with Gasteiger partial charge in [-0.15, -0.1) is 6.58 Å². The molecular formula is C30H33N3O4. The van der Waals surface area contributed by atoms with Gasteiger partial charge in [0.15, 0.2) is 0 Å². The third kappa shape index (κ3) is 7.76. The normalized spacial score (nSPS) is 23.2. The van der Waals surface area contributed by atoms with Gasteiger partial charge in [-0.25, -0.2) is 0 Å². The highest BCUT2D eigenvalue weighted by atomic mass is 16.6. The highest BCUT2D eigenvalue weighted by Crippen LogP contribution is 2.32. The Morgan fingerprint density at radius 2 is 1.14 bits per heavy atom. The van der Waals surface area contributed by atoms with E-state index in [2.05, 4.69) is 16.6 Å². The molecule has 0 bridgehead atoms. The van der Waals surface area contributed by atoms with E-state index in [0.717, 1.165) is 16.7 Å². The summed E-state index contributed by atoms with van der Waals surface area (Å²) in [7, 11) is 0. The van der Waals surface area contributed by atoms with Gasteiger partial charge in [0.1, 0.15) is 18.3 Å². The Labute approximate surface area is 218 Å². The van der Waals surface area contributed by atoms with Crippen LogP contribution in [-0.2, 0) is 38.8 Å². The molecular weight excluding hydrogens is 466 g/mol. The lowest BCUT2D eigenvalue weighted by Gasteiger charge is -2.46. The fraction of sp³-hybridized carbons (Fsp3) is 0.333. The van der Waals surface area contributed by atoms with Crippen LogP contribution in [0.1, 0.15) is 23.1 Å². The molecule has 1 saturated heterocycles. The van der Waals surface area contributed by atoms with Crippen LogP contribution in [0, 0.1) is 0 Å². The molecule has 37 heavy (non-hydrogen) atoms. The maximum absolute atomic E-state index is 9.03. The van der Waals surface area contributed by atoms with E-state index in [1.165, 1.54) is 0 Å². The molecule has 0 aromatic heterocycles. The van der Waals surface area contributed by atoms with Crippen molar-refractivity contribution in [3.63, 3.8) is 0 Å². The molecule has 7 heteroatoms. The third-order valence-electron chi connectivity index (χ3n) is 6.31. The van der Waals surface area contributed by atoms with Crippen molar-refractivity contribution in [1.82, 2.24) is 0 Å². The number of nitrogens with zero attached hydrogens (tertiary/aromatic N) is 3. The lowest BCUT2D eigenvalue weighted by atomic mass is 9.92. The Balaban J connectivity index is 1.62. The summed E-state index contributed by atoms with van der Waals surface area (Å²) in [6.07, 6.45) is 0.127. The monoisotopic (exact) mass is 499 g/mol. The van der Waals surface area contributed by atoms with Crippen LogP contribution in [0.15, 0.2) is 109 Å². The molecule has 5 atom stereocenters. The molecule has 1 fully saturated rings. The van der Waals surface area contributed by atoms with Gasteiger partial charge < -0.3 is 18.9 Å². The molecule has 0 saturated carbocycles. The molecule has 1 aliphatic heterocycles. The van der Waals surface area contributed by atoms with E-state index in [-0.39, 0.29) is 12.6 Å². The third-order valence-corrected chi connectivity index (χ3v) is 6.31. The first kappa shape index (κ1) is 26.6. The molecule has 0 N–H and O–H groups in total. The molecule has 4 rings (SSSR count). The zero-order valence-electron chi connectivity index (χ0n) is 20.8. The zero-order chi connectivity index (χ0) is 25.7. The van der Waals surface area contributed by atoms with Gasteiger partial charge in [-0.05, 0) is 28.6 Å². The average Bonchev–Trinajstić information content (AvgIpc) is 2.95. The predicted octanol–water partition coefficient (Wildman–Crippen LogP) is 6.40. The lowest BCUT2D eigenvalue weighted by molar-refractivity contribution is -0.262. The van der Waals surface area contributed by atoms with Gasteiger partial charge in [-0.3, -0.25) is 0 Å². The Kier molecular flexibility index (Phi) is 10.3. The molecule has 7 nitrogen and oxygen atoms in total. The summed E-state index contributed by atoms with van der Waals surface area (Å²) >= 11 is 0. The highest BCUT2D eigenvalue weighted by Gasteiger charge is 2.47. The molecule has 0 unspecified atom stereocenters. The van der Waals surface area contributed by atoms with Gasteiger partial charge in [0.05, 0.1) is 38.6 Å². The quantitative estimate of drug-likeness (QED) is 0.118. The van der Waals surface area contributed by atoms with E-state index in [4.69, 9.17) is 24.5 Å². The number of hydrogen-bond donors (Lipinski definition) is 0. The molecule has 3 aromatic rings. The van der Waals surface area contributed by atoms with Crippen LogP contribution in [0.4, 0.5) is 0 Å². The summed E-state index contributed by atoms with van der Waals surface area (Å²) in [6.45, 7) is 5.20. The molecule has 0 aliphatic carbocycles. The fourth-order valence-electron chi connectivity index (χ4n) is 4.50. The molecule has 192 valence electrons. The summed E-state index contributed by atoms with van der Waals surface area (Å²) in [4.78, 5) is 2.96. The number of azide groups is 1. The van der Waals surface area contributed by atoms with Gasteiger partial charge in [0, 0.05) is 4.91 Å². The van der Waals surface area contributed by atoms with Gasteiger partial charge in [0.2, 0.25) is 0 Å². The number of ether oxygens (including phenoxy) is 4. The van der Waals surface area contributed by atoms with Crippen LogP contribution in [0.5, 0.6) is 0 Å². The Morgan fingerprint density at radius 1 is 0.703 bits per heavy atom. The summed E-state index contributed by atoms with van der Waals surface area (Å²) in [5.41, 5.74) is 12.2. The number of rotatable bonds is 13. The van der Waals surface area contributed by atoms with Crippen molar-refractivity contribution < 1.29 is 18.9 Å². The van der Waals surface area contributed by atoms with Crippen LogP contribution >= 0.6 is 0 Å². The summed E-state index contributed by atoms with van der Waals surface area (Å²) in [5.74, 6) is 0. The van der Waals surface area contributed by atoms with E-state index in [1.807, 2.05) is 97.1 Å². The fourth-order valence-corrected chi connectivity index (χ4v) is 4.50. The second-order valence-corrected chi connectivity index (χ2v) is 8.93. The van der Waals surface area contributed by atoms with E-state index in [0.29, 0.717) is 26.2 Å². The minimum absolute atomic E-state index is 0.125. The second-order valence-electron chi connectivity index (χ2n) is 8.93. The van der Waals surface area contributed by atoms with Gasteiger partial charge in [-0.2, -0.15) is 0 Å². The van der Waals surface area contributed by atoms with Crippen LogP contribution in [0.25, 0.3) is 10.4 Å². The number of benzene rings is 3. The predicted molar refractivity (Wildman–Crippen MR) is 143 cm³/mol. The van der Waals surface area contributed by atoms with Crippen molar-refractivity contribution in [2.45, 2.75) is 56.8 Å². The van der Waals surface area contributed by atoms with Crippen molar-refractivity contribution in [1.29, 1.82) is 0 Å². The van der Waals surface area contributed by atoms with Crippen molar-refractivity contribution in [2.24, 2.45) is 5.11 Å². The minimum atomic E-state index is -0.517. The van der Waals surface area contributed by atoms with Crippen molar-refractivity contribution in [2.75, 3.05) is 6.54 Å². The standard InChI is InChI=1S/C30H33N3O4/c1-2-12-26-28(34-20-23-13-6-3-7-14-23)30(36-22-25-17-10-5-11-18-25)29(27(37-26)19-32-33-31)35-21-24-15-8-4-9-16-24/h2-11,13-18,26-30H,1,12,19-22H2/t26-,27-,28+,29-,30-/m1/s1. The van der Waals surface area contributed by atoms with E-state index < -0.39 is 24.4 Å². The lowest BCUT2D eigenvalue weighted by Crippen LogP contribution is -2.60. The highest BCUT2D eigenvalue weighted by molar-refractivity contribution is 5.16. The average molecular weight is 500 g/mol. The minimum Gasteiger partial charge on any atom is -0.369 e. The first-order valence-corrected chi connectivity index (χ1v) is 12.5. The van der Waals surface area contributed by atoms with Crippen LogP contribution in [0.3, 0.4) is 0 Å².